The molecule has 0 amide bonds. The molecule has 0 bridgehead atoms. The van der Waals surface area contributed by atoms with Gasteiger partial charge in [0.2, 0.25) is 9.84 Å². The summed E-state index contributed by atoms with van der Waals surface area (Å²) in [4.78, 5) is 0.592. The van der Waals surface area contributed by atoms with E-state index >= 15 is 0 Å². The molecule has 0 fully saturated rings. The molecule has 1 aromatic heterocycles. The molecule has 0 aliphatic carbocycles. The zero-order valence-corrected chi connectivity index (χ0v) is 23.6. The number of methoxy groups -OCH3 is 2. The number of aromatic nitrogens is 1. The molecule has 0 saturated carbocycles. The first kappa shape index (κ1) is 25.7. The second kappa shape index (κ2) is 9.88. The van der Waals surface area contributed by atoms with Gasteiger partial charge in [0.15, 0.2) is 0 Å². The molecular weight excluding hydrogens is 518 g/mol. The minimum Gasteiger partial charge on any atom is -0.497 e. The molecule has 0 atom stereocenters. The summed E-state index contributed by atoms with van der Waals surface area (Å²) in [5.74, 6) is 1.60. The van der Waals surface area contributed by atoms with E-state index < -0.39 is 9.84 Å². The maximum atomic E-state index is 13.2. The van der Waals surface area contributed by atoms with Gasteiger partial charge in [0.1, 0.15) is 11.5 Å². The lowest BCUT2D eigenvalue weighted by molar-refractivity contribution is 0.415. The summed E-state index contributed by atoms with van der Waals surface area (Å²) in [7, 11) is -0.229. The minimum atomic E-state index is -3.58. The summed E-state index contributed by atoms with van der Waals surface area (Å²) in [6.45, 7) is 4.05. The van der Waals surface area contributed by atoms with Gasteiger partial charge in [0, 0.05) is 16.5 Å². The molecule has 40 heavy (non-hydrogen) atoms. The normalized spacial score (nSPS) is 11.7. The Hall–Kier alpha value is -4.55. The molecule has 0 aliphatic rings. The first-order valence-electron chi connectivity index (χ1n) is 13.0. The highest BCUT2D eigenvalue weighted by molar-refractivity contribution is 7.91. The van der Waals surface area contributed by atoms with Gasteiger partial charge in [-0.2, -0.15) is 0 Å². The van der Waals surface area contributed by atoms with Gasteiger partial charge in [-0.1, -0.05) is 30.3 Å². The van der Waals surface area contributed by atoms with Crippen molar-refractivity contribution in [2.45, 2.75) is 23.6 Å². The van der Waals surface area contributed by atoms with Crippen LogP contribution in [0.1, 0.15) is 11.1 Å². The van der Waals surface area contributed by atoms with Crippen LogP contribution in [0.15, 0.2) is 113 Å². The summed E-state index contributed by atoms with van der Waals surface area (Å²) in [6, 6.07) is 32.6. The third-order valence-electron chi connectivity index (χ3n) is 7.50. The van der Waals surface area contributed by atoms with Gasteiger partial charge in [-0.3, -0.25) is 0 Å². The van der Waals surface area contributed by atoms with Gasteiger partial charge >= 0.3 is 0 Å². The van der Waals surface area contributed by atoms with E-state index in [4.69, 9.17) is 9.47 Å². The Balaban J connectivity index is 1.45. The summed E-state index contributed by atoms with van der Waals surface area (Å²) in [5, 5.41) is 2.17. The van der Waals surface area contributed by atoms with Crippen LogP contribution in [0, 0.1) is 13.8 Å². The Morgan fingerprint density at radius 3 is 1.65 bits per heavy atom. The largest absolute Gasteiger partial charge is 0.497 e. The number of nitrogens with zero attached hydrogens (tertiary/aromatic N) is 1. The Morgan fingerprint density at radius 2 is 1.12 bits per heavy atom. The number of fused-ring (bicyclic) bond motifs is 3. The third-order valence-corrected chi connectivity index (χ3v) is 9.27. The molecule has 1 heterocycles. The predicted octanol–water partition coefficient (Wildman–Crippen LogP) is 7.92. The molecule has 5 aromatic carbocycles. The van der Waals surface area contributed by atoms with Crippen molar-refractivity contribution in [2.24, 2.45) is 0 Å². The second-order valence-electron chi connectivity index (χ2n) is 9.89. The average molecular weight is 548 g/mol. The van der Waals surface area contributed by atoms with Crippen LogP contribution in [0.4, 0.5) is 0 Å². The lowest BCUT2D eigenvalue weighted by Crippen LogP contribution is -2.02. The smallest absolute Gasteiger partial charge is 0.206 e. The molecule has 6 rings (SSSR count). The van der Waals surface area contributed by atoms with Crippen molar-refractivity contribution in [2.75, 3.05) is 14.2 Å². The van der Waals surface area contributed by atoms with Crippen LogP contribution in [0.25, 0.3) is 38.6 Å². The molecule has 6 heteroatoms. The fourth-order valence-electron chi connectivity index (χ4n) is 5.44. The van der Waals surface area contributed by atoms with Crippen molar-refractivity contribution in [3.05, 3.63) is 114 Å². The van der Waals surface area contributed by atoms with E-state index in [1.807, 2.05) is 31.2 Å². The molecular formula is C34H29NO4S. The first-order chi connectivity index (χ1) is 19.3. The quantitative estimate of drug-likeness (QED) is 0.213. The van der Waals surface area contributed by atoms with Gasteiger partial charge in [0.05, 0.1) is 35.0 Å². The number of benzene rings is 5. The molecule has 5 nitrogen and oxygen atoms in total. The van der Waals surface area contributed by atoms with Crippen LogP contribution < -0.4 is 9.47 Å². The lowest BCUT2D eigenvalue weighted by Gasteiger charge is -2.15. The summed E-state index contributed by atoms with van der Waals surface area (Å²) < 4.78 is 39.6. The zero-order valence-electron chi connectivity index (χ0n) is 22.8. The number of ether oxygens (including phenoxy) is 2. The monoisotopic (exact) mass is 547 g/mol. The van der Waals surface area contributed by atoms with Crippen molar-refractivity contribution in [1.29, 1.82) is 0 Å². The Kier molecular flexibility index (Phi) is 6.35. The van der Waals surface area contributed by atoms with Gasteiger partial charge in [-0.15, -0.1) is 0 Å². The predicted molar refractivity (Wildman–Crippen MR) is 161 cm³/mol. The van der Waals surface area contributed by atoms with Crippen molar-refractivity contribution in [3.63, 3.8) is 0 Å². The fourth-order valence-corrected chi connectivity index (χ4v) is 6.81. The Morgan fingerprint density at radius 1 is 0.575 bits per heavy atom. The van der Waals surface area contributed by atoms with E-state index in [-0.39, 0.29) is 0 Å². The van der Waals surface area contributed by atoms with E-state index in [0.29, 0.717) is 9.79 Å². The maximum Gasteiger partial charge on any atom is 0.206 e. The van der Waals surface area contributed by atoms with Gasteiger partial charge < -0.3 is 14.0 Å². The topological polar surface area (TPSA) is 57.5 Å². The second-order valence-corrected chi connectivity index (χ2v) is 11.8. The molecule has 6 aromatic rings. The van der Waals surface area contributed by atoms with Crippen LogP contribution in [-0.2, 0) is 9.84 Å². The molecule has 200 valence electrons. The highest BCUT2D eigenvalue weighted by atomic mass is 32.2. The van der Waals surface area contributed by atoms with Crippen LogP contribution in [0.2, 0.25) is 0 Å². The molecule has 0 unspecified atom stereocenters. The van der Waals surface area contributed by atoms with Crippen molar-refractivity contribution in [1.82, 2.24) is 4.57 Å². The molecule has 0 aliphatic heterocycles. The number of rotatable bonds is 6. The minimum absolute atomic E-state index is 0.295. The average Bonchev–Trinajstić information content (AvgIpc) is 3.30. The van der Waals surface area contributed by atoms with Crippen molar-refractivity contribution < 1.29 is 17.9 Å². The van der Waals surface area contributed by atoms with Crippen LogP contribution >= 0.6 is 0 Å². The Bertz CT molecular complexity index is 1950. The third kappa shape index (κ3) is 4.21. The van der Waals surface area contributed by atoms with Crippen molar-refractivity contribution in [3.8, 4) is 28.3 Å². The highest BCUT2D eigenvalue weighted by Gasteiger charge is 2.19. The van der Waals surface area contributed by atoms with Crippen LogP contribution in [-0.4, -0.2) is 27.2 Å². The van der Waals surface area contributed by atoms with Crippen LogP contribution in [0.5, 0.6) is 11.5 Å². The van der Waals surface area contributed by atoms with Crippen LogP contribution in [0.3, 0.4) is 0 Å². The lowest BCUT2D eigenvalue weighted by atomic mass is 9.96. The number of aryl methyl sites for hydroxylation is 2. The summed E-state index contributed by atoms with van der Waals surface area (Å²) in [5.41, 5.74) is 7.25. The first-order valence-corrected chi connectivity index (χ1v) is 14.5. The number of hydrogen-bond acceptors (Lipinski definition) is 4. The zero-order chi connectivity index (χ0) is 28.0. The van der Waals surface area contributed by atoms with E-state index in [1.54, 1.807) is 50.6 Å². The fraction of sp³-hybridized carbons (Fsp3) is 0.118. The summed E-state index contributed by atoms with van der Waals surface area (Å²) >= 11 is 0. The molecule has 0 saturated heterocycles. The van der Waals surface area contributed by atoms with Gasteiger partial charge in [-0.25, -0.2) is 8.42 Å². The number of hydrogen-bond donors (Lipinski definition) is 0. The Labute approximate surface area is 234 Å². The standard InChI is InChI=1S/C34H29NO4S/c1-22-18-24(35-33-16-11-25(38-3)20-31(33)32-21-26(39-4)12-17-34(32)35)10-14-29(22)30-15-13-28(19-23(30)2)40(36,37)27-8-6-5-7-9-27/h5-21H,1-4H3. The van der Waals surface area contributed by atoms with Gasteiger partial charge in [-0.05, 0) is 109 Å². The van der Waals surface area contributed by atoms with Gasteiger partial charge in [0.25, 0.3) is 0 Å². The molecule has 0 radical (unpaired) electrons. The molecule has 0 spiro atoms. The van der Waals surface area contributed by atoms with E-state index in [1.165, 1.54) is 0 Å². The SMILES string of the molecule is COc1ccc2c(c1)c1cc(OC)ccc1n2-c1ccc(-c2ccc(S(=O)(=O)c3ccccc3)cc2C)c(C)c1. The maximum absolute atomic E-state index is 13.2. The van der Waals surface area contributed by atoms with E-state index in [2.05, 4.69) is 54.0 Å². The number of sulfone groups is 1. The highest BCUT2D eigenvalue weighted by Crippen LogP contribution is 2.38. The van der Waals surface area contributed by atoms with Crippen molar-refractivity contribution >= 4 is 31.6 Å². The summed E-state index contributed by atoms with van der Waals surface area (Å²) in [6.07, 6.45) is 0. The van der Waals surface area contributed by atoms with E-state index in [0.717, 1.165) is 61.2 Å². The molecule has 0 N–H and O–H groups in total. The van der Waals surface area contributed by atoms with E-state index in [9.17, 15) is 8.42 Å².